The number of benzene rings is 1. The predicted octanol–water partition coefficient (Wildman–Crippen LogP) is 4.33. The number of thioether (sulfide) groups is 1. The molecule has 2 heterocycles. The monoisotopic (exact) mass is 375 g/mol. The number of carbonyl (C=O) groups excluding carboxylic acids is 1. The number of hydrogen-bond acceptors (Lipinski definition) is 4. The van der Waals surface area contributed by atoms with Crippen molar-refractivity contribution in [2.24, 2.45) is 0 Å². The molecule has 1 saturated heterocycles. The molecule has 4 nitrogen and oxygen atoms in total. The van der Waals surface area contributed by atoms with Crippen molar-refractivity contribution in [3.63, 3.8) is 0 Å². The van der Waals surface area contributed by atoms with Crippen molar-refractivity contribution in [1.82, 2.24) is 4.90 Å². The molecular formula is C19H21NO3S2. The molecule has 3 rings (SSSR count). The maximum absolute atomic E-state index is 12.9. The van der Waals surface area contributed by atoms with Gasteiger partial charge in [0.1, 0.15) is 5.25 Å². The molecule has 132 valence electrons. The van der Waals surface area contributed by atoms with Gasteiger partial charge in [-0.2, -0.15) is 11.3 Å². The zero-order chi connectivity index (χ0) is 17.8. The molecule has 1 amide bonds. The van der Waals surface area contributed by atoms with Gasteiger partial charge in [0.25, 0.3) is 5.91 Å². The summed E-state index contributed by atoms with van der Waals surface area (Å²) in [5, 5.41) is 12.8. The van der Waals surface area contributed by atoms with E-state index in [2.05, 4.69) is 16.8 Å². The Kier molecular flexibility index (Phi) is 5.81. The van der Waals surface area contributed by atoms with Crippen molar-refractivity contribution in [3.05, 3.63) is 52.2 Å². The van der Waals surface area contributed by atoms with Gasteiger partial charge >= 0.3 is 5.97 Å². The minimum atomic E-state index is -0.871. The number of carboxylic acid groups (broad SMARTS) is 1. The molecule has 1 aliphatic rings. The van der Waals surface area contributed by atoms with Crippen LogP contribution in [-0.2, 0) is 4.79 Å². The summed E-state index contributed by atoms with van der Waals surface area (Å²) in [6, 6.07) is 9.48. The average Bonchev–Trinajstić information content (AvgIpc) is 3.16. The van der Waals surface area contributed by atoms with E-state index in [1.807, 2.05) is 23.1 Å². The highest BCUT2D eigenvalue weighted by Crippen LogP contribution is 2.32. The Labute approximate surface area is 155 Å². The second kappa shape index (κ2) is 8.06. The van der Waals surface area contributed by atoms with Crippen LogP contribution < -0.4 is 0 Å². The molecule has 1 unspecified atom stereocenters. The van der Waals surface area contributed by atoms with E-state index in [1.165, 1.54) is 17.3 Å². The predicted molar refractivity (Wildman–Crippen MR) is 102 cm³/mol. The zero-order valence-electron chi connectivity index (χ0n) is 14.1. The molecule has 25 heavy (non-hydrogen) atoms. The maximum atomic E-state index is 12.9. The van der Waals surface area contributed by atoms with Gasteiger partial charge in [0, 0.05) is 18.0 Å². The van der Waals surface area contributed by atoms with Gasteiger partial charge in [0.15, 0.2) is 0 Å². The average molecular weight is 376 g/mol. The summed E-state index contributed by atoms with van der Waals surface area (Å²) >= 11 is 2.94. The molecule has 0 aliphatic carbocycles. The molecule has 1 N–H and O–H groups in total. The summed E-state index contributed by atoms with van der Waals surface area (Å²) in [6.45, 7) is 3.13. The smallest absolute Gasteiger partial charge is 0.316 e. The van der Waals surface area contributed by atoms with Gasteiger partial charge < -0.3 is 10.0 Å². The first-order valence-corrected chi connectivity index (χ1v) is 10.2. The maximum Gasteiger partial charge on any atom is 0.316 e. The summed E-state index contributed by atoms with van der Waals surface area (Å²) in [5.74, 6) is -0.333. The lowest BCUT2D eigenvalue weighted by Gasteiger charge is -2.32. The fourth-order valence-electron chi connectivity index (χ4n) is 3.08. The Bertz CT molecular complexity index is 737. The number of carbonyl (C=O) groups is 2. The summed E-state index contributed by atoms with van der Waals surface area (Å²) < 4.78 is 0. The van der Waals surface area contributed by atoms with Crippen LogP contribution in [-0.4, -0.2) is 40.2 Å². The van der Waals surface area contributed by atoms with Gasteiger partial charge in [0.2, 0.25) is 0 Å². The highest BCUT2D eigenvalue weighted by atomic mass is 32.2. The number of likely N-dealkylation sites (tertiary alicyclic amines) is 1. The highest BCUT2D eigenvalue weighted by Gasteiger charge is 2.26. The van der Waals surface area contributed by atoms with Gasteiger partial charge in [0.05, 0.1) is 5.56 Å². The topological polar surface area (TPSA) is 57.6 Å². The molecule has 1 aromatic carbocycles. The summed E-state index contributed by atoms with van der Waals surface area (Å²) in [7, 11) is 0. The van der Waals surface area contributed by atoms with Crippen molar-refractivity contribution in [1.29, 1.82) is 0 Å². The van der Waals surface area contributed by atoms with Crippen molar-refractivity contribution in [2.45, 2.75) is 35.8 Å². The second-order valence-corrected chi connectivity index (χ2v) is 8.38. The number of aliphatic carboxylic acids is 1. The van der Waals surface area contributed by atoms with E-state index in [4.69, 9.17) is 5.11 Å². The van der Waals surface area contributed by atoms with Gasteiger partial charge in [-0.1, -0.05) is 12.1 Å². The molecule has 1 atom stereocenters. The van der Waals surface area contributed by atoms with Crippen LogP contribution >= 0.6 is 23.1 Å². The van der Waals surface area contributed by atoms with E-state index in [-0.39, 0.29) is 5.91 Å². The third-order valence-electron chi connectivity index (χ3n) is 4.57. The first-order chi connectivity index (χ1) is 12.1. The van der Waals surface area contributed by atoms with Crippen LogP contribution in [0.4, 0.5) is 0 Å². The van der Waals surface area contributed by atoms with Crippen LogP contribution in [0.3, 0.4) is 0 Å². The normalized spacial score (nSPS) is 16.6. The van der Waals surface area contributed by atoms with Crippen LogP contribution in [0.15, 0.2) is 46.0 Å². The Hall–Kier alpha value is -1.79. The van der Waals surface area contributed by atoms with Crippen LogP contribution in [0, 0.1) is 0 Å². The summed E-state index contributed by atoms with van der Waals surface area (Å²) in [6.07, 6.45) is 1.95. The van der Waals surface area contributed by atoms with Crippen molar-refractivity contribution >= 4 is 35.0 Å². The molecule has 1 aliphatic heterocycles. The van der Waals surface area contributed by atoms with Gasteiger partial charge in [-0.05, 0) is 60.2 Å². The molecule has 0 radical (unpaired) electrons. The van der Waals surface area contributed by atoms with E-state index >= 15 is 0 Å². The number of nitrogens with zero attached hydrogens (tertiary/aromatic N) is 1. The SMILES string of the molecule is CC(Sc1ccccc1C(=O)N1CCC(c2ccsc2)CC1)C(=O)O. The molecule has 2 aromatic rings. The van der Waals surface area contributed by atoms with Crippen molar-refractivity contribution in [2.75, 3.05) is 13.1 Å². The molecule has 0 bridgehead atoms. The number of hydrogen-bond donors (Lipinski definition) is 1. The quantitative estimate of drug-likeness (QED) is 0.790. The highest BCUT2D eigenvalue weighted by molar-refractivity contribution is 8.00. The molecule has 0 saturated carbocycles. The molecule has 0 spiro atoms. The lowest BCUT2D eigenvalue weighted by molar-refractivity contribution is -0.136. The number of thiophene rings is 1. The summed E-state index contributed by atoms with van der Waals surface area (Å²) in [5.41, 5.74) is 1.98. The van der Waals surface area contributed by atoms with Crippen LogP contribution in [0.2, 0.25) is 0 Å². The Morgan fingerprint density at radius 1 is 1.24 bits per heavy atom. The van der Waals surface area contributed by atoms with Gasteiger partial charge in [-0.15, -0.1) is 11.8 Å². The third kappa shape index (κ3) is 4.25. The van der Waals surface area contributed by atoms with Gasteiger partial charge in [-0.25, -0.2) is 0 Å². The number of amides is 1. The van der Waals surface area contributed by atoms with Gasteiger partial charge in [-0.3, -0.25) is 9.59 Å². The second-order valence-electron chi connectivity index (χ2n) is 6.22. The standard InChI is InChI=1S/C19H21NO3S2/c1-13(19(22)23)25-17-5-3-2-4-16(17)18(21)20-9-6-14(7-10-20)15-8-11-24-12-15/h2-5,8,11-14H,6-7,9-10H2,1H3,(H,22,23). The van der Waals surface area contributed by atoms with E-state index in [1.54, 1.807) is 24.3 Å². The number of piperidine rings is 1. The fourth-order valence-corrected chi connectivity index (χ4v) is 4.74. The molecule has 1 aromatic heterocycles. The fraction of sp³-hybridized carbons (Fsp3) is 0.368. The van der Waals surface area contributed by atoms with Crippen molar-refractivity contribution in [3.8, 4) is 0 Å². The minimum absolute atomic E-state index is 0.00413. The van der Waals surface area contributed by atoms with E-state index < -0.39 is 11.2 Å². The van der Waals surface area contributed by atoms with Crippen LogP contribution in [0.5, 0.6) is 0 Å². The largest absolute Gasteiger partial charge is 0.480 e. The van der Waals surface area contributed by atoms with E-state index in [0.717, 1.165) is 30.8 Å². The Balaban J connectivity index is 1.68. The van der Waals surface area contributed by atoms with E-state index in [0.29, 0.717) is 11.5 Å². The van der Waals surface area contributed by atoms with E-state index in [9.17, 15) is 9.59 Å². The molecular weight excluding hydrogens is 354 g/mol. The first kappa shape index (κ1) is 18.0. The summed E-state index contributed by atoms with van der Waals surface area (Å²) in [4.78, 5) is 26.7. The lowest BCUT2D eigenvalue weighted by Crippen LogP contribution is -2.38. The van der Waals surface area contributed by atoms with Crippen molar-refractivity contribution < 1.29 is 14.7 Å². The van der Waals surface area contributed by atoms with Crippen LogP contribution in [0.1, 0.15) is 41.6 Å². The molecule has 6 heteroatoms. The Morgan fingerprint density at radius 3 is 2.60 bits per heavy atom. The zero-order valence-corrected chi connectivity index (χ0v) is 15.7. The lowest BCUT2D eigenvalue weighted by atomic mass is 9.91. The third-order valence-corrected chi connectivity index (χ3v) is 6.43. The number of carboxylic acids is 1. The van der Waals surface area contributed by atoms with Crippen LogP contribution in [0.25, 0.3) is 0 Å². The first-order valence-electron chi connectivity index (χ1n) is 8.36. The Morgan fingerprint density at radius 2 is 1.96 bits per heavy atom. The molecule has 1 fully saturated rings. The number of rotatable bonds is 5. The minimum Gasteiger partial charge on any atom is -0.480 e.